The second kappa shape index (κ2) is 12.6. The van der Waals surface area contributed by atoms with Crippen molar-refractivity contribution in [1.29, 1.82) is 0 Å². The Morgan fingerprint density at radius 3 is 2.57 bits per heavy atom. The Kier molecular flexibility index (Phi) is 9.50. The Balaban J connectivity index is 1.63. The number of halogens is 1. The summed E-state index contributed by atoms with van der Waals surface area (Å²) in [5, 5.41) is 23.5. The summed E-state index contributed by atoms with van der Waals surface area (Å²) in [6.45, 7) is 12.3. The molecule has 0 aliphatic heterocycles. The van der Waals surface area contributed by atoms with Gasteiger partial charge in [0.15, 0.2) is 11.0 Å². The first kappa shape index (κ1) is 26.5. The molecule has 0 saturated heterocycles. The van der Waals surface area contributed by atoms with Gasteiger partial charge in [0.2, 0.25) is 0 Å². The van der Waals surface area contributed by atoms with E-state index in [-0.39, 0.29) is 17.4 Å². The largest absolute Gasteiger partial charge is 0.507 e. The minimum atomic E-state index is -0.291. The standard InChI is InChI=1S/C25H29BrN6O2S/c1-5-31(6-2)21-12-9-19(22(33)13-21)14-27-28-23(34)16-35-25-30-29-24(32(25)15-17(3)4)18-7-10-20(26)11-8-18/h7-14,33H,3,5-6,15-16H2,1-2,4H3,(H,28,34)/b27-14-. The number of benzene rings is 2. The lowest BCUT2D eigenvalue weighted by molar-refractivity contribution is -0.118. The van der Waals surface area contributed by atoms with Crippen molar-refractivity contribution >= 4 is 45.5 Å². The van der Waals surface area contributed by atoms with Crippen LogP contribution in [0, 0.1) is 0 Å². The molecule has 2 N–H and O–H groups in total. The van der Waals surface area contributed by atoms with E-state index in [1.807, 2.05) is 41.8 Å². The average Bonchev–Trinajstić information content (AvgIpc) is 3.22. The highest BCUT2D eigenvalue weighted by atomic mass is 79.9. The van der Waals surface area contributed by atoms with Gasteiger partial charge in [0.05, 0.1) is 12.0 Å². The molecule has 0 bridgehead atoms. The summed E-state index contributed by atoms with van der Waals surface area (Å²) in [6, 6.07) is 13.2. The van der Waals surface area contributed by atoms with Crippen molar-refractivity contribution in [2.75, 3.05) is 23.7 Å². The summed E-state index contributed by atoms with van der Waals surface area (Å²) in [4.78, 5) is 14.5. The Morgan fingerprint density at radius 2 is 1.94 bits per heavy atom. The van der Waals surface area contributed by atoms with Crippen LogP contribution in [0.15, 0.2) is 69.3 Å². The second-order valence-electron chi connectivity index (χ2n) is 7.85. The molecule has 0 atom stereocenters. The van der Waals surface area contributed by atoms with Gasteiger partial charge in [-0.25, -0.2) is 5.43 Å². The third kappa shape index (κ3) is 7.19. The fourth-order valence-electron chi connectivity index (χ4n) is 3.38. The molecule has 0 radical (unpaired) electrons. The van der Waals surface area contributed by atoms with E-state index < -0.39 is 0 Å². The van der Waals surface area contributed by atoms with Crippen molar-refractivity contribution in [2.24, 2.45) is 5.10 Å². The molecule has 1 aromatic heterocycles. The zero-order valence-electron chi connectivity index (χ0n) is 20.0. The van der Waals surface area contributed by atoms with E-state index in [9.17, 15) is 9.90 Å². The Morgan fingerprint density at radius 1 is 1.23 bits per heavy atom. The first-order valence-corrected chi connectivity index (χ1v) is 13.0. The van der Waals surface area contributed by atoms with Gasteiger partial charge in [0, 0.05) is 47.0 Å². The van der Waals surface area contributed by atoms with E-state index in [0.29, 0.717) is 23.1 Å². The molecule has 1 heterocycles. The third-order valence-electron chi connectivity index (χ3n) is 5.12. The molecule has 10 heteroatoms. The van der Waals surface area contributed by atoms with Crippen molar-refractivity contribution < 1.29 is 9.90 Å². The topological polar surface area (TPSA) is 95.6 Å². The number of nitrogens with zero attached hydrogens (tertiary/aromatic N) is 5. The van der Waals surface area contributed by atoms with Crippen molar-refractivity contribution in [3.05, 3.63) is 64.7 Å². The molecular formula is C25H29BrN6O2S. The maximum absolute atomic E-state index is 12.4. The van der Waals surface area contributed by atoms with Crippen LogP contribution in [0.25, 0.3) is 11.4 Å². The fourth-order valence-corrected chi connectivity index (χ4v) is 4.38. The Hall–Kier alpha value is -3.11. The number of aromatic hydroxyl groups is 1. The first-order valence-electron chi connectivity index (χ1n) is 11.2. The van der Waals surface area contributed by atoms with Gasteiger partial charge in [-0.2, -0.15) is 5.10 Å². The van der Waals surface area contributed by atoms with E-state index in [1.54, 1.807) is 12.1 Å². The number of hydrogen-bond donors (Lipinski definition) is 2. The van der Waals surface area contributed by atoms with Crippen LogP contribution in [-0.4, -0.2) is 50.8 Å². The monoisotopic (exact) mass is 556 g/mol. The number of rotatable bonds is 11. The molecule has 1 amide bonds. The molecule has 3 aromatic rings. The van der Waals surface area contributed by atoms with Crippen LogP contribution in [0.4, 0.5) is 5.69 Å². The summed E-state index contributed by atoms with van der Waals surface area (Å²) in [5.74, 6) is 0.638. The highest BCUT2D eigenvalue weighted by molar-refractivity contribution is 9.10. The molecule has 8 nitrogen and oxygen atoms in total. The zero-order chi connectivity index (χ0) is 25.4. The number of carbonyl (C=O) groups excluding carboxylic acids is 1. The average molecular weight is 558 g/mol. The number of anilines is 1. The molecule has 0 aliphatic carbocycles. The number of nitrogens with one attached hydrogen (secondary N) is 1. The lowest BCUT2D eigenvalue weighted by atomic mass is 10.2. The van der Waals surface area contributed by atoms with E-state index in [4.69, 9.17) is 0 Å². The molecule has 0 unspecified atom stereocenters. The van der Waals surface area contributed by atoms with Crippen LogP contribution >= 0.6 is 27.7 Å². The van der Waals surface area contributed by atoms with Gasteiger partial charge in [-0.1, -0.05) is 52.0 Å². The summed E-state index contributed by atoms with van der Waals surface area (Å²) in [5.41, 5.74) is 5.84. The van der Waals surface area contributed by atoms with Crippen LogP contribution in [0.1, 0.15) is 26.3 Å². The highest BCUT2D eigenvalue weighted by Gasteiger charge is 2.16. The van der Waals surface area contributed by atoms with Crippen molar-refractivity contribution in [3.63, 3.8) is 0 Å². The van der Waals surface area contributed by atoms with Gasteiger partial charge < -0.3 is 10.0 Å². The summed E-state index contributed by atoms with van der Waals surface area (Å²) in [6.07, 6.45) is 1.43. The number of hydrogen-bond acceptors (Lipinski definition) is 7. The summed E-state index contributed by atoms with van der Waals surface area (Å²) >= 11 is 4.72. The zero-order valence-corrected chi connectivity index (χ0v) is 22.4. The van der Waals surface area contributed by atoms with E-state index >= 15 is 0 Å². The maximum atomic E-state index is 12.4. The van der Waals surface area contributed by atoms with Gasteiger partial charge in [-0.3, -0.25) is 9.36 Å². The van der Waals surface area contributed by atoms with Crippen LogP contribution < -0.4 is 10.3 Å². The van der Waals surface area contributed by atoms with Crippen molar-refractivity contribution in [3.8, 4) is 17.1 Å². The van der Waals surface area contributed by atoms with Gasteiger partial charge in [0.1, 0.15) is 5.75 Å². The Bertz CT molecular complexity index is 1210. The van der Waals surface area contributed by atoms with Crippen LogP contribution in [0.5, 0.6) is 5.75 Å². The smallest absolute Gasteiger partial charge is 0.250 e. The molecule has 3 rings (SSSR count). The number of carbonyl (C=O) groups is 1. The molecule has 0 fully saturated rings. The number of phenolic OH excluding ortho intramolecular Hbond substituents is 1. The van der Waals surface area contributed by atoms with Gasteiger partial charge in [0.25, 0.3) is 5.91 Å². The molecule has 0 spiro atoms. The quantitative estimate of drug-likeness (QED) is 0.148. The van der Waals surface area contributed by atoms with E-state index in [0.717, 1.165) is 34.4 Å². The minimum Gasteiger partial charge on any atom is -0.507 e. The SMILES string of the molecule is C=C(C)Cn1c(SCC(=O)N/N=C\c2ccc(N(CC)CC)cc2O)nnc1-c1ccc(Br)cc1. The van der Waals surface area contributed by atoms with Gasteiger partial charge >= 0.3 is 0 Å². The van der Waals surface area contributed by atoms with E-state index in [2.05, 4.69) is 62.0 Å². The van der Waals surface area contributed by atoms with Crippen LogP contribution in [0.3, 0.4) is 0 Å². The first-order chi connectivity index (χ1) is 16.8. The highest BCUT2D eigenvalue weighted by Crippen LogP contribution is 2.26. The van der Waals surface area contributed by atoms with Crippen molar-refractivity contribution in [1.82, 2.24) is 20.2 Å². The van der Waals surface area contributed by atoms with E-state index in [1.165, 1.54) is 18.0 Å². The van der Waals surface area contributed by atoms with Crippen LogP contribution in [0.2, 0.25) is 0 Å². The molecular weight excluding hydrogens is 528 g/mol. The summed E-state index contributed by atoms with van der Waals surface area (Å²) < 4.78 is 2.93. The molecule has 184 valence electrons. The van der Waals surface area contributed by atoms with Gasteiger partial charge in [-0.15, -0.1) is 10.2 Å². The lowest BCUT2D eigenvalue weighted by Crippen LogP contribution is -2.21. The molecule has 0 aliphatic rings. The second-order valence-corrected chi connectivity index (χ2v) is 9.71. The third-order valence-corrected chi connectivity index (χ3v) is 6.61. The predicted molar refractivity (Wildman–Crippen MR) is 146 cm³/mol. The number of phenols is 1. The van der Waals surface area contributed by atoms with Crippen molar-refractivity contribution in [2.45, 2.75) is 32.5 Å². The molecule has 35 heavy (non-hydrogen) atoms. The maximum Gasteiger partial charge on any atom is 0.250 e. The molecule has 0 saturated carbocycles. The summed E-state index contributed by atoms with van der Waals surface area (Å²) in [7, 11) is 0. The van der Waals surface area contributed by atoms with Gasteiger partial charge in [-0.05, 0) is 45.0 Å². The molecule has 2 aromatic carbocycles. The lowest BCUT2D eigenvalue weighted by Gasteiger charge is -2.21. The number of allylic oxidation sites excluding steroid dienone is 1. The Labute approximate surface area is 218 Å². The number of hydrazone groups is 1. The fraction of sp³-hybridized carbons (Fsp3) is 0.280. The van der Waals surface area contributed by atoms with Crippen LogP contribution in [-0.2, 0) is 11.3 Å². The minimum absolute atomic E-state index is 0.107. The predicted octanol–water partition coefficient (Wildman–Crippen LogP) is 5.08. The number of thioether (sulfide) groups is 1. The number of aromatic nitrogens is 3. The number of amides is 1. The normalized spacial score (nSPS) is 11.1.